The second kappa shape index (κ2) is 6.10. The SMILES string of the molecule is Cc1ccc(CC(Cl)c2ccc(Cl)c(Br)c2)cc1. The summed E-state index contributed by atoms with van der Waals surface area (Å²) in [6.07, 6.45) is 0.815. The van der Waals surface area contributed by atoms with Crippen LogP contribution in [-0.4, -0.2) is 0 Å². The first kappa shape index (κ1) is 13.9. The van der Waals surface area contributed by atoms with E-state index in [1.54, 1.807) is 0 Å². The van der Waals surface area contributed by atoms with Gasteiger partial charge in [-0.25, -0.2) is 0 Å². The van der Waals surface area contributed by atoms with Crippen LogP contribution in [0.15, 0.2) is 46.9 Å². The normalized spacial score (nSPS) is 12.4. The summed E-state index contributed by atoms with van der Waals surface area (Å²) < 4.78 is 0.885. The molecule has 0 aliphatic carbocycles. The molecular formula is C15H13BrCl2. The molecule has 2 rings (SSSR count). The molecule has 0 aromatic heterocycles. The second-order valence-electron chi connectivity index (χ2n) is 4.33. The van der Waals surface area contributed by atoms with Crippen LogP contribution in [0.25, 0.3) is 0 Å². The van der Waals surface area contributed by atoms with Gasteiger partial charge in [0.1, 0.15) is 0 Å². The van der Waals surface area contributed by atoms with Gasteiger partial charge in [0.05, 0.1) is 10.4 Å². The summed E-state index contributed by atoms with van der Waals surface area (Å²) >= 11 is 15.8. The number of halogens is 3. The predicted octanol–water partition coefficient (Wildman–Crippen LogP) is 5.93. The van der Waals surface area contributed by atoms with E-state index in [0.717, 1.165) is 16.5 Å². The van der Waals surface area contributed by atoms with Crippen molar-refractivity contribution in [2.45, 2.75) is 18.7 Å². The molecule has 18 heavy (non-hydrogen) atoms. The molecule has 2 aromatic carbocycles. The van der Waals surface area contributed by atoms with Crippen molar-refractivity contribution in [2.24, 2.45) is 0 Å². The van der Waals surface area contributed by atoms with Crippen LogP contribution in [0.2, 0.25) is 5.02 Å². The van der Waals surface area contributed by atoms with E-state index in [4.69, 9.17) is 23.2 Å². The predicted molar refractivity (Wildman–Crippen MR) is 82.6 cm³/mol. The highest BCUT2D eigenvalue weighted by molar-refractivity contribution is 9.10. The van der Waals surface area contributed by atoms with Crippen molar-refractivity contribution in [1.82, 2.24) is 0 Å². The number of hydrogen-bond donors (Lipinski definition) is 0. The molecule has 0 heterocycles. The monoisotopic (exact) mass is 342 g/mol. The van der Waals surface area contributed by atoms with Crippen LogP contribution in [0.1, 0.15) is 22.1 Å². The second-order valence-corrected chi connectivity index (χ2v) is 6.12. The van der Waals surface area contributed by atoms with Crippen LogP contribution in [0.5, 0.6) is 0 Å². The smallest absolute Gasteiger partial charge is 0.0625 e. The van der Waals surface area contributed by atoms with Gasteiger partial charge < -0.3 is 0 Å². The zero-order chi connectivity index (χ0) is 13.1. The molecule has 0 aliphatic heterocycles. The lowest BCUT2D eigenvalue weighted by molar-refractivity contribution is 0.918. The highest BCUT2D eigenvalue weighted by Gasteiger charge is 2.10. The van der Waals surface area contributed by atoms with E-state index < -0.39 is 0 Å². The van der Waals surface area contributed by atoms with E-state index in [-0.39, 0.29) is 5.38 Å². The van der Waals surface area contributed by atoms with Crippen molar-refractivity contribution >= 4 is 39.1 Å². The molecule has 3 heteroatoms. The lowest BCUT2D eigenvalue weighted by Crippen LogP contribution is -1.96. The molecular weight excluding hydrogens is 331 g/mol. The molecule has 0 bridgehead atoms. The van der Waals surface area contributed by atoms with Gasteiger partial charge in [0, 0.05) is 4.47 Å². The molecule has 94 valence electrons. The van der Waals surface area contributed by atoms with E-state index in [1.165, 1.54) is 11.1 Å². The Bertz CT molecular complexity index is 535. The minimum absolute atomic E-state index is 0.0405. The van der Waals surface area contributed by atoms with Crippen LogP contribution < -0.4 is 0 Å². The Hall–Kier alpha value is -0.500. The Morgan fingerprint density at radius 3 is 2.39 bits per heavy atom. The van der Waals surface area contributed by atoms with Gasteiger partial charge in [0.25, 0.3) is 0 Å². The summed E-state index contributed by atoms with van der Waals surface area (Å²) in [5, 5.41) is 0.666. The van der Waals surface area contributed by atoms with Crippen molar-refractivity contribution in [3.63, 3.8) is 0 Å². The zero-order valence-electron chi connectivity index (χ0n) is 9.96. The van der Waals surface area contributed by atoms with Crippen molar-refractivity contribution < 1.29 is 0 Å². The fourth-order valence-corrected chi connectivity index (χ4v) is 2.58. The zero-order valence-corrected chi connectivity index (χ0v) is 13.1. The fourth-order valence-electron chi connectivity index (χ4n) is 1.76. The largest absolute Gasteiger partial charge is 0.117 e. The Labute approximate surface area is 126 Å². The first-order chi connectivity index (χ1) is 8.56. The van der Waals surface area contributed by atoms with Crippen molar-refractivity contribution in [1.29, 1.82) is 0 Å². The molecule has 0 saturated heterocycles. The molecule has 0 spiro atoms. The van der Waals surface area contributed by atoms with Gasteiger partial charge in [-0.1, -0.05) is 47.5 Å². The van der Waals surface area contributed by atoms with Crippen molar-refractivity contribution in [3.05, 3.63) is 68.7 Å². The molecule has 0 fully saturated rings. The average molecular weight is 344 g/mol. The summed E-state index contributed by atoms with van der Waals surface area (Å²) in [7, 11) is 0. The molecule has 0 aliphatic rings. The molecule has 0 N–H and O–H groups in total. The fraction of sp³-hybridized carbons (Fsp3) is 0.200. The standard InChI is InChI=1S/C15H13BrCl2/c1-10-2-4-11(5-3-10)8-15(18)12-6-7-14(17)13(16)9-12/h2-7,9,15H,8H2,1H3. The van der Waals surface area contributed by atoms with Gasteiger partial charge in [0.2, 0.25) is 0 Å². The molecule has 0 amide bonds. The first-order valence-electron chi connectivity index (χ1n) is 5.71. The maximum absolute atomic E-state index is 6.44. The lowest BCUT2D eigenvalue weighted by atomic mass is 10.0. The van der Waals surface area contributed by atoms with Crippen LogP contribution in [0.4, 0.5) is 0 Å². The number of rotatable bonds is 3. The lowest BCUT2D eigenvalue weighted by Gasteiger charge is -2.11. The summed E-state index contributed by atoms with van der Waals surface area (Å²) in [5.41, 5.74) is 3.58. The topological polar surface area (TPSA) is 0 Å². The Morgan fingerprint density at radius 2 is 1.78 bits per heavy atom. The molecule has 0 radical (unpaired) electrons. The first-order valence-corrected chi connectivity index (χ1v) is 7.31. The molecule has 1 unspecified atom stereocenters. The van der Waals surface area contributed by atoms with Crippen LogP contribution in [-0.2, 0) is 6.42 Å². The Morgan fingerprint density at radius 1 is 1.11 bits per heavy atom. The highest BCUT2D eigenvalue weighted by atomic mass is 79.9. The molecule has 2 aromatic rings. The summed E-state index contributed by atoms with van der Waals surface area (Å²) in [6, 6.07) is 14.3. The van der Waals surface area contributed by atoms with E-state index in [0.29, 0.717) is 5.02 Å². The summed E-state index contributed by atoms with van der Waals surface area (Å²) in [4.78, 5) is 0. The Balaban J connectivity index is 2.13. The van der Waals surface area contributed by atoms with E-state index in [9.17, 15) is 0 Å². The Kier molecular flexibility index (Phi) is 4.71. The van der Waals surface area contributed by atoms with Gasteiger partial charge in [-0.2, -0.15) is 0 Å². The maximum Gasteiger partial charge on any atom is 0.0625 e. The van der Waals surface area contributed by atoms with E-state index in [1.807, 2.05) is 18.2 Å². The van der Waals surface area contributed by atoms with Crippen LogP contribution in [0, 0.1) is 6.92 Å². The summed E-state index contributed by atoms with van der Waals surface area (Å²) in [6.45, 7) is 2.08. The van der Waals surface area contributed by atoms with Gasteiger partial charge >= 0.3 is 0 Å². The van der Waals surface area contributed by atoms with E-state index >= 15 is 0 Å². The molecule has 1 atom stereocenters. The third-order valence-electron chi connectivity index (χ3n) is 2.84. The van der Waals surface area contributed by atoms with Gasteiger partial charge in [-0.3, -0.25) is 0 Å². The average Bonchev–Trinajstić information content (AvgIpc) is 2.35. The van der Waals surface area contributed by atoms with Gasteiger partial charge in [-0.15, -0.1) is 11.6 Å². The number of aryl methyl sites for hydroxylation is 1. The third-order valence-corrected chi connectivity index (χ3v) is 4.46. The van der Waals surface area contributed by atoms with Crippen LogP contribution >= 0.6 is 39.1 Å². The number of benzene rings is 2. The van der Waals surface area contributed by atoms with Crippen molar-refractivity contribution in [3.8, 4) is 0 Å². The quantitative estimate of drug-likeness (QED) is 0.605. The van der Waals surface area contributed by atoms with Gasteiger partial charge in [-0.05, 0) is 52.5 Å². The highest BCUT2D eigenvalue weighted by Crippen LogP contribution is 2.30. The van der Waals surface area contributed by atoms with Gasteiger partial charge in [0.15, 0.2) is 0 Å². The summed E-state index contributed by atoms with van der Waals surface area (Å²) in [5.74, 6) is 0. The van der Waals surface area contributed by atoms with Crippen LogP contribution in [0.3, 0.4) is 0 Å². The molecule has 0 saturated carbocycles. The minimum atomic E-state index is -0.0405. The minimum Gasteiger partial charge on any atom is -0.117 e. The molecule has 0 nitrogen and oxygen atoms in total. The number of hydrogen-bond acceptors (Lipinski definition) is 0. The maximum atomic E-state index is 6.44. The number of alkyl halides is 1. The third kappa shape index (κ3) is 3.50. The van der Waals surface area contributed by atoms with Crippen molar-refractivity contribution in [2.75, 3.05) is 0 Å². The van der Waals surface area contributed by atoms with E-state index in [2.05, 4.69) is 47.1 Å².